The van der Waals surface area contributed by atoms with Gasteiger partial charge in [-0.25, -0.2) is 0 Å². The van der Waals surface area contributed by atoms with Crippen molar-refractivity contribution in [3.8, 4) is 0 Å². The van der Waals surface area contributed by atoms with Crippen molar-refractivity contribution in [3.63, 3.8) is 0 Å². The van der Waals surface area contributed by atoms with Crippen molar-refractivity contribution >= 4 is 5.91 Å². The van der Waals surface area contributed by atoms with E-state index in [4.69, 9.17) is 0 Å². The van der Waals surface area contributed by atoms with Crippen LogP contribution in [0.25, 0.3) is 0 Å². The molecule has 1 amide bonds. The number of hydrogen-bond acceptors (Lipinski definition) is 1. The van der Waals surface area contributed by atoms with Gasteiger partial charge in [0.2, 0.25) is 5.91 Å². The maximum absolute atomic E-state index is 11.0. The van der Waals surface area contributed by atoms with E-state index in [1.54, 1.807) is 0 Å². The molecule has 0 radical (unpaired) electrons. The van der Waals surface area contributed by atoms with Gasteiger partial charge in [0.25, 0.3) is 0 Å². The summed E-state index contributed by atoms with van der Waals surface area (Å²) in [6.45, 7) is 4.63. The van der Waals surface area contributed by atoms with E-state index >= 15 is 0 Å². The van der Waals surface area contributed by atoms with Gasteiger partial charge in [-0.15, -0.1) is 0 Å². The van der Waals surface area contributed by atoms with Crippen molar-refractivity contribution < 1.29 is 4.79 Å². The average molecular weight is 191 g/mol. The Bertz CT molecular complexity index is 290. The van der Waals surface area contributed by atoms with Gasteiger partial charge in [-0.1, -0.05) is 38.1 Å². The van der Waals surface area contributed by atoms with Crippen LogP contribution in [-0.2, 0) is 17.8 Å². The third-order valence-electron chi connectivity index (χ3n) is 2.24. The minimum absolute atomic E-state index is 0.101. The average Bonchev–Trinajstić information content (AvgIpc) is 2.26. The minimum atomic E-state index is 0.101. The number of nitrogens with one attached hydrogen (secondary N) is 1. The SMILES string of the molecule is CCC(=O)NCc1ccc(CC)cc1. The smallest absolute Gasteiger partial charge is 0.219 e. The van der Waals surface area contributed by atoms with Crippen LogP contribution in [0.15, 0.2) is 24.3 Å². The Hall–Kier alpha value is -1.31. The summed E-state index contributed by atoms with van der Waals surface area (Å²) in [6.07, 6.45) is 1.61. The lowest BCUT2D eigenvalue weighted by molar-refractivity contribution is -0.120. The Morgan fingerprint density at radius 3 is 2.21 bits per heavy atom. The maximum Gasteiger partial charge on any atom is 0.219 e. The molecule has 0 aromatic heterocycles. The Morgan fingerprint density at radius 2 is 1.71 bits per heavy atom. The maximum atomic E-state index is 11.0. The topological polar surface area (TPSA) is 29.1 Å². The van der Waals surface area contributed by atoms with Gasteiger partial charge in [0.15, 0.2) is 0 Å². The molecule has 1 aromatic carbocycles. The lowest BCUT2D eigenvalue weighted by Gasteiger charge is -2.04. The van der Waals surface area contributed by atoms with Crippen molar-refractivity contribution in [2.75, 3.05) is 0 Å². The molecule has 1 rings (SSSR count). The van der Waals surface area contributed by atoms with Crippen molar-refractivity contribution in [3.05, 3.63) is 35.4 Å². The Labute approximate surface area is 85.3 Å². The highest BCUT2D eigenvalue weighted by Gasteiger charge is 1.97. The van der Waals surface area contributed by atoms with Crippen LogP contribution in [0.3, 0.4) is 0 Å². The first-order chi connectivity index (χ1) is 6.76. The summed E-state index contributed by atoms with van der Waals surface area (Å²) in [5.41, 5.74) is 2.49. The normalized spacial score (nSPS) is 9.86. The lowest BCUT2D eigenvalue weighted by atomic mass is 10.1. The summed E-state index contributed by atoms with van der Waals surface area (Å²) in [6, 6.07) is 8.34. The molecule has 1 aromatic rings. The van der Waals surface area contributed by atoms with Gasteiger partial charge in [0.1, 0.15) is 0 Å². The fraction of sp³-hybridized carbons (Fsp3) is 0.417. The van der Waals surface area contributed by atoms with E-state index in [0.29, 0.717) is 13.0 Å². The highest BCUT2D eigenvalue weighted by Crippen LogP contribution is 2.04. The molecule has 0 unspecified atom stereocenters. The second-order valence-electron chi connectivity index (χ2n) is 3.30. The van der Waals surface area contributed by atoms with E-state index in [2.05, 4.69) is 36.5 Å². The summed E-state index contributed by atoms with van der Waals surface area (Å²) in [5, 5.41) is 2.85. The summed E-state index contributed by atoms with van der Waals surface area (Å²) in [7, 11) is 0. The van der Waals surface area contributed by atoms with Gasteiger partial charge >= 0.3 is 0 Å². The zero-order chi connectivity index (χ0) is 10.4. The van der Waals surface area contributed by atoms with Gasteiger partial charge in [0, 0.05) is 13.0 Å². The minimum Gasteiger partial charge on any atom is -0.352 e. The highest BCUT2D eigenvalue weighted by molar-refractivity contribution is 5.75. The summed E-state index contributed by atoms with van der Waals surface area (Å²) in [5.74, 6) is 0.101. The van der Waals surface area contributed by atoms with Crippen LogP contribution >= 0.6 is 0 Å². The molecule has 0 aliphatic rings. The van der Waals surface area contributed by atoms with Crippen LogP contribution in [0.2, 0.25) is 0 Å². The Kier molecular flexibility index (Phi) is 4.17. The molecule has 14 heavy (non-hydrogen) atoms. The molecule has 0 aliphatic heterocycles. The summed E-state index contributed by atoms with van der Waals surface area (Å²) in [4.78, 5) is 11.0. The molecule has 0 heterocycles. The van der Waals surface area contributed by atoms with Crippen LogP contribution in [0.5, 0.6) is 0 Å². The van der Waals surface area contributed by atoms with Gasteiger partial charge in [-0.2, -0.15) is 0 Å². The molecule has 0 saturated heterocycles. The third kappa shape index (κ3) is 3.21. The number of benzene rings is 1. The molecule has 0 atom stereocenters. The zero-order valence-corrected chi connectivity index (χ0v) is 8.84. The molecule has 1 N–H and O–H groups in total. The van der Waals surface area contributed by atoms with Crippen LogP contribution in [-0.4, -0.2) is 5.91 Å². The van der Waals surface area contributed by atoms with Crippen LogP contribution in [0.4, 0.5) is 0 Å². The van der Waals surface area contributed by atoms with Crippen molar-refractivity contribution in [1.29, 1.82) is 0 Å². The van der Waals surface area contributed by atoms with E-state index in [1.165, 1.54) is 5.56 Å². The van der Waals surface area contributed by atoms with E-state index < -0.39 is 0 Å². The second kappa shape index (κ2) is 5.43. The highest BCUT2D eigenvalue weighted by atomic mass is 16.1. The number of hydrogen-bond donors (Lipinski definition) is 1. The van der Waals surface area contributed by atoms with Crippen LogP contribution in [0, 0.1) is 0 Å². The second-order valence-corrected chi connectivity index (χ2v) is 3.30. The first kappa shape index (κ1) is 10.8. The fourth-order valence-electron chi connectivity index (χ4n) is 1.22. The number of carbonyl (C=O) groups excluding carboxylic acids is 1. The number of amides is 1. The molecular weight excluding hydrogens is 174 g/mol. The number of rotatable bonds is 4. The molecule has 0 saturated carbocycles. The molecule has 0 bridgehead atoms. The monoisotopic (exact) mass is 191 g/mol. The quantitative estimate of drug-likeness (QED) is 0.777. The molecule has 0 aliphatic carbocycles. The fourth-order valence-corrected chi connectivity index (χ4v) is 1.22. The molecule has 2 nitrogen and oxygen atoms in total. The van der Waals surface area contributed by atoms with E-state index in [1.807, 2.05) is 6.92 Å². The van der Waals surface area contributed by atoms with Gasteiger partial charge in [-0.05, 0) is 17.5 Å². The van der Waals surface area contributed by atoms with E-state index in [0.717, 1.165) is 12.0 Å². The van der Waals surface area contributed by atoms with E-state index in [9.17, 15) is 4.79 Å². The largest absolute Gasteiger partial charge is 0.352 e. The predicted octanol–water partition coefficient (Wildman–Crippen LogP) is 2.28. The first-order valence-corrected chi connectivity index (χ1v) is 5.10. The van der Waals surface area contributed by atoms with Gasteiger partial charge < -0.3 is 5.32 Å². The third-order valence-corrected chi connectivity index (χ3v) is 2.24. The molecule has 76 valence electrons. The summed E-state index contributed by atoms with van der Waals surface area (Å²) >= 11 is 0. The Balaban J connectivity index is 2.47. The molecule has 0 spiro atoms. The number of aryl methyl sites for hydroxylation is 1. The summed E-state index contributed by atoms with van der Waals surface area (Å²) < 4.78 is 0. The van der Waals surface area contributed by atoms with Crippen molar-refractivity contribution in [2.45, 2.75) is 33.2 Å². The lowest BCUT2D eigenvalue weighted by Crippen LogP contribution is -2.21. The number of carbonyl (C=O) groups is 1. The Morgan fingerprint density at radius 1 is 1.14 bits per heavy atom. The van der Waals surface area contributed by atoms with Crippen molar-refractivity contribution in [1.82, 2.24) is 5.32 Å². The standard InChI is InChI=1S/C12H17NO/c1-3-10-5-7-11(8-6-10)9-13-12(14)4-2/h5-8H,3-4,9H2,1-2H3,(H,13,14). The van der Waals surface area contributed by atoms with Gasteiger partial charge in [-0.3, -0.25) is 4.79 Å². The van der Waals surface area contributed by atoms with Crippen molar-refractivity contribution in [2.24, 2.45) is 0 Å². The van der Waals surface area contributed by atoms with Gasteiger partial charge in [0.05, 0.1) is 0 Å². The van der Waals surface area contributed by atoms with Crippen LogP contribution < -0.4 is 5.32 Å². The molecule has 0 fully saturated rings. The molecular formula is C12H17NO. The zero-order valence-electron chi connectivity index (χ0n) is 8.84. The van der Waals surface area contributed by atoms with Crippen LogP contribution in [0.1, 0.15) is 31.4 Å². The van der Waals surface area contributed by atoms with E-state index in [-0.39, 0.29) is 5.91 Å². The predicted molar refractivity (Wildman–Crippen MR) is 58.0 cm³/mol. The first-order valence-electron chi connectivity index (χ1n) is 5.10. The molecule has 2 heteroatoms.